The number of aryl methyl sites for hydroxylation is 2. The molecule has 1 aromatic heterocycles. The van der Waals surface area contributed by atoms with Gasteiger partial charge in [0.1, 0.15) is 5.82 Å². The lowest BCUT2D eigenvalue weighted by Crippen LogP contribution is -2.06. The van der Waals surface area contributed by atoms with Gasteiger partial charge in [-0.25, -0.2) is 4.68 Å². The molecule has 0 bridgehead atoms. The number of aromatic nitrogens is 2. The van der Waals surface area contributed by atoms with Crippen LogP contribution < -0.4 is 5.73 Å². The highest BCUT2D eigenvalue weighted by molar-refractivity contribution is 9.11. The number of benzene rings is 1. The minimum absolute atomic E-state index is 0.670. The van der Waals surface area contributed by atoms with E-state index in [0.717, 1.165) is 14.6 Å². The number of anilines is 1. The zero-order valence-electron chi connectivity index (χ0n) is 9.67. The Kier molecular flexibility index (Phi) is 3.58. The maximum Gasteiger partial charge on any atom is 0.136 e. The van der Waals surface area contributed by atoms with E-state index in [0.29, 0.717) is 12.4 Å². The van der Waals surface area contributed by atoms with Crippen molar-refractivity contribution in [1.82, 2.24) is 9.78 Å². The molecule has 0 saturated carbocycles. The fourth-order valence-electron chi connectivity index (χ4n) is 1.68. The van der Waals surface area contributed by atoms with Gasteiger partial charge < -0.3 is 5.73 Å². The molecule has 2 rings (SSSR count). The van der Waals surface area contributed by atoms with Gasteiger partial charge in [-0.3, -0.25) is 0 Å². The number of nitrogen functional groups attached to an aromatic ring is 1. The van der Waals surface area contributed by atoms with Crippen LogP contribution >= 0.6 is 31.9 Å². The number of hydrogen-bond acceptors (Lipinski definition) is 2. The van der Waals surface area contributed by atoms with E-state index >= 15 is 0 Å². The molecular weight excluding hydrogens is 346 g/mol. The lowest BCUT2D eigenvalue weighted by atomic mass is 10.1. The summed E-state index contributed by atoms with van der Waals surface area (Å²) < 4.78 is 3.81. The van der Waals surface area contributed by atoms with Crippen LogP contribution in [0.2, 0.25) is 0 Å². The molecular formula is C12H13Br2N3. The van der Waals surface area contributed by atoms with Crippen LogP contribution in [0.1, 0.15) is 16.8 Å². The zero-order chi connectivity index (χ0) is 12.6. The van der Waals surface area contributed by atoms with Gasteiger partial charge in [0, 0.05) is 4.47 Å². The van der Waals surface area contributed by atoms with Gasteiger partial charge in [0.2, 0.25) is 0 Å². The monoisotopic (exact) mass is 357 g/mol. The van der Waals surface area contributed by atoms with Crippen LogP contribution in [0.4, 0.5) is 5.82 Å². The highest BCUT2D eigenvalue weighted by atomic mass is 79.9. The molecule has 0 aliphatic heterocycles. The molecule has 17 heavy (non-hydrogen) atoms. The first-order valence-corrected chi connectivity index (χ1v) is 6.81. The highest BCUT2D eigenvalue weighted by Crippen LogP contribution is 2.24. The van der Waals surface area contributed by atoms with Crippen molar-refractivity contribution < 1.29 is 0 Å². The van der Waals surface area contributed by atoms with E-state index in [4.69, 9.17) is 5.73 Å². The summed E-state index contributed by atoms with van der Waals surface area (Å²) in [6.45, 7) is 4.69. The minimum Gasteiger partial charge on any atom is -0.383 e. The standard InChI is InChI=1S/C12H13Br2N3/c1-7-5-9(3-4-10(7)13)6-17-12(15)11(14)8(2)16-17/h3-5H,6,15H2,1-2H3. The van der Waals surface area contributed by atoms with E-state index in [1.54, 1.807) is 0 Å². The molecule has 0 radical (unpaired) electrons. The Morgan fingerprint density at radius 3 is 2.53 bits per heavy atom. The summed E-state index contributed by atoms with van der Waals surface area (Å²) in [5, 5.41) is 4.39. The first-order chi connectivity index (χ1) is 7.99. The van der Waals surface area contributed by atoms with Crippen molar-refractivity contribution >= 4 is 37.7 Å². The molecule has 5 heteroatoms. The molecule has 0 aliphatic rings. The average Bonchev–Trinajstić information content (AvgIpc) is 2.52. The third kappa shape index (κ3) is 2.55. The lowest BCUT2D eigenvalue weighted by Gasteiger charge is -2.06. The Labute approximate surface area is 117 Å². The molecule has 0 spiro atoms. The number of hydrogen-bond donors (Lipinski definition) is 1. The molecule has 3 nitrogen and oxygen atoms in total. The molecule has 0 atom stereocenters. The van der Waals surface area contributed by atoms with Crippen molar-refractivity contribution in [2.24, 2.45) is 0 Å². The second-order valence-corrected chi connectivity index (χ2v) is 5.67. The van der Waals surface area contributed by atoms with Crippen molar-refractivity contribution in [2.45, 2.75) is 20.4 Å². The second kappa shape index (κ2) is 4.82. The van der Waals surface area contributed by atoms with Crippen LogP contribution in [0.5, 0.6) is 0 Å². The SMILES string of the molecule is Cc1cc(Cn2nc(C)c(Br)c2N)ccc1Br. The Balaban J connectivity index is 2.31. The summed E-state index contributed by atoms with van der Waals surface area (Å²) in [5.41, 5.74) is 9.28. The Hall–Kier alpha value is -0.810. The minimum atomic E-state index is 0.670. The van der Waals surface area contributed by atoms with Crippen molar-refractivity contribution in [2.75, 3.05) is 5.73 Å². The van der Waals surface area contributed by atoms with Gasteiger partial charge in [-0.15, -0.1) is 0 Å². The third-order valence-electron chi connectivity index (χ3n) is 2.65. The average molecular weight is 359 g/mol. The number of halogens is 2. The molecule has 1 heterocycles. The molecule has 1 aromatic carbocycles. The molecule has 2 aromatic rings. The summed E-state index contributed by atoms with van der Waals surface area (Å²) in [4.78, 5) is 0. The fourth-order valence-corrected chi connectivity index (χ4v) is 2.21. The van der Waals surface area contributed by atoms with E-state index in [-0.39, 0.29) is 0 Å². The fraction of sp³-hybridized carbons (Fsp3) is 0.250. The summed E-state index contributed by atoms with van der Waals surface area (Å²) in [6, 6.07) is 6.25. The quantitative estimate of drug-likeness (QED) is 0.890. The Morgan fingerprint density at radius 1 is 1.29 bits per heavy atom. The number of nitrogens with zero attached hydrogens (tertiary/aromatic N) is 2. The molecule has 0 saturated heterocycles. The largest absolute Gasteiger partial charge is 0.383 e. The third-order valence-corrected chi connectivity index (χ3v) is 4.52. The maximum absolute atomic E-state index is 5.96. The highest BCUT2D eigenvalue weighted by Gasteiger charge is 2.10. The van der Waals surface area contributed by atoms with Crippen molar-refractivity contribution in [1.29, 1.82) is 0 Å². The van der Waals surface area contributed by atoms with Gasteiger partial charge >= 0.3 is 0 Å². The van der Waals surface area contributed by atoms with Crippen molar-refractivity contribution in [3.63, 3.8) is 0 Å². The van der Waals surface area contributed by atoms with E-state index < -0.39 is 0 Å². The van der Waals surface area contributed by atoms with Crippen molar-refractivity contribution in [3.05, 3.63) is 44.0 Å². The zero-order valence-corrected chi connectivity index (χ0v) is 12.8. The topological polar surface area (TPSA) is 43.8 Å². The van der Waals surface area contributed by atoms with Gasteiger partial charge in [-0.2, -0.15) is 5.10 Å². The summed E-state index contributed by atoms with van der Waals surface area (Å²) in [7, 11) is 0. The predicted molar refractivity (Wildman–Crippen MR) is 77.1 cm³/mol. The van der Waals surface area contributed by atoms with E-state index in [1.807, 2.05) is 17.7 Å². The van der Waals surface area contributed by atoms with Crippen LogP contribution in [0.3, 0.4) is 0 Å². The summed E-state index contributed by atoms with van der Waals surface area (Å²) >= 11 is 6.91. The smallest absolute Gasteiger partial charge is 0.136 e. The van der Waals surface area contributed by atoms with Crippen molar-refractivity contribution in [3.8, 4) is 0 Å². The predicted octanol–water partition coefficient (Wildman–Crippen LogP) is 3.66. The van der Waals surface area contributed by atoms with Crippen LogP contribution in [0.25, 0.3) is 0 Å². The van der Waals surface area contributed by atoms with Gasteiger partial charge in [0.05, 0.1) is 16.7 Å². The Morgan fingerprint density at radius 2 is 2.00 bits per heavy atom. The Bertz CT molecular complexity index is 561. The first kappa shape index (κ1) is 12.6. The number of nitrogens with two attached hydrogens (primary N) is 1. The molecule has 2 N–H and O–H groups in total. The maximum atomic E-state index is 5.96. The summed E-state index contributed by atoms with van der Waals surface area (Å²) in [6.07, 6.45) is 0. The molecule has 90 valence electrons. The van der Waals surface area contributed by atoms with Crippen LogP contribution in [0.15, 0.2) is 27.1 Å². The second-order valence-electron chi connectivity index (χ2n) is 4.03. The molecule has 0 fully saturated rings. The van der Waals surface area contributed by atoms with Crippen LogP contribution in [0, 0.1) is 13.8 Å². The summed E-state index contributed by atoms with van der Waals surface area (Å²) in [5.74, 6) is 0.670. The molecule has 0 amide bonds. The van der Waals surface area contributed by atoms with Gasteiger partial charge in [-0.1, -0.05) is 28.1 Å². The van der Waals surface area contributed by atoms with E-state index in [1.165, 1.54) is 11.1 Å². The lowest BCUT2D eigenvalue weighted by molar-refractivity contribution is 0.689. The van der Waals surface area contributed by atoms with E-state index in [2.05, 4.69) is 56.0 Å². The van der Waals surface area contributed by atoms with Gasteiger partial charge in [-0.05, 0) is 47.0 Å². The van der Waals surface area contributed by atoms with E-state index in [9.17, 15) is 0 Å². The van der Waals surface area contributed by atoms with Gasteiger partial charge in [0.25, 0.3) is 0 Å². The normalized spacial score (nSPS) is 10.8. The van der Waals surface area contributed by atoms with Crippen LogP contribution in [-0.2, 0) is 6.54 Å². The molecule has 0 unspecified atom stereocenters. The van der Waals surface area contributed by atoms with Gasteiger partial charge in [0.15, 0.2) is 0 Å². The van der Waals surface area contributed by atoms with Crippen LogP contribution in [-0.4, -0.2) is 9.78 Å². The molecule has 0 aliphatic carbocycles. The number of rotatable bonds is 2. The first-order valence-electron chi connectivity index (χ1n) is 5.22.